The largest absolute Gasteiger partial charge is 0.381 e. The standard InChI is InChI=1S/C19H12Cl2N2OS/c20-16-7-8-25-19(16)18(24)15-6-5-14(9-17(15)21)23-11-13-4-2-1-3-12(13)10-22/h1-9,23H,11H2. The molecule has 0 unspecified atom stereocenters. The quantitative estimate of drug-likeness (QED) is 0.566. The third kappa shape index (κ3) is 3.85. The summed E-state index contributed by atoms with van der Waals surface area (Å²) < 4.78 is 0. The lowest BCUT2D eigenvalue weighted by atomic mass is 10.1. The number of benzene rings is 2. The Morgan fingerprint density at radius 3 is 2.60 bits per heavy atom. The molecule has 3 aromatic rings. The van der Waals surface area contributed by atoms with Crippen LogP contribution < -0.4 is 5.32 Å². The first-order valence-electron chi connectivity index (χ1n) is 7.39. The number of ketones is 1. The highest BCUT2D eigenvalue weighted by molar-refractivity contribution is 7.13. The molecule has 0 radical (unpaired) electrons. The van der Waals surface area contributed by atoms with Gasteiger partial charge in [-0.2, -0.15) is 5.26 Å². The van der Waals surface area contributed by atoms with Gasteiger partial charge in [0.05, 0.1) is 26.6 Å². The second-order valence-electron chi connectivity index (χ2n) is 5.24. The fraction of sp³-hybridized carbons (Fsp3) is 0.0526. The first-order valence-corrected chi connectivity index (χ1v) is 9.03. The molecule has 3 rings (SSSR count). The van der Waals surface area contributed by atoms with Gasteiger partial charge in [0.2, 0.25) is 5.78 Å². The summed E-state index contributed by atoms with van der Waals surface area (Å²) in [5.41, 5.74) is 2.70. The van der Waals surface area contributed by atoms with Crippen molar-refractivity contribution in [1.29, 1.82) is 5.26 Å². The van der Waals surface area contributed by atoms with Gasteiger partial charge in [0.1, 0.15) is 0 Å². The predicted octanol–water partition coefficient (Wildman–Crippen LogP) is 5.77. The maximum Gasteiger partial charge on any atom is 0.205 e. The van der Waals surface area contributed by atoms with Gasteiger partial charge >= 0.3 is 0 Å². The highest BCUT2D eigenvalue weighted by Gasteiger charge is 2.17. The topological polar surface area (TPSA) is 52.9 Å². The molecule has 1 aromatic heterocycles. The summed E-state index contributed by atoms with van der Waals surface area (Å²) in [5.74, 6) is -0.189. The Morgan fingerprint density at radius 1 is 1.12 bits per heavy atom. The van der Waals surface area contributed by atoms with Crippen molar-refractivity contribution in [3.8, 4) is 6.07 Å². The van der Waals surface area contributed by atoms with Crippen LogP contribution in [0.25, 0.3) is 0 Å². The van der Waals surface area contributed by atoms with Crippen LogP contribution in [0.1, 0.15) is 26.4 Å². The smallest absolute Gasteiger partial charge is 0.205 e. The maximum absolute atomic E-state index is 12.5. The van der Waals surface area contributed by atoms with E-state index in [4.69, 9.17) is 28.5 Å². The van der Waals surface area contributed by atoms with Crippen LogP contribution in [0.15, 0.2) is 53.9 Å². The monoisotopic (exact) mass is 386 g/mol. The molecule has 0 saturated heterocycles. The van der Waals surface area contributed by atoms with E-state index in [9.17, 15) is 4.79 Å². The number of carbonyl (C=O) groups excluding carboxylic acids is 1. The second-order valence-corrected chi connectivity index (χ2v) is 6.97. The average molecular weight is 387 g/mol. The van der Waals surface area contributed by atoms with Gasteiger partial charge in [-0.3, -0.25) is 4.79 Å². The summed E-state index contributed by atoms with van der Waals surface area (Å²) in [7, 11) is 0. The zero-order chi connectivity index (χ0) is 17.8. The van der Waals surface area contributed by atoms with Gasteiger partial charge in [-0.15, -0.1) is 11.3 Å². The molecule has 0 aliphatic heterocycles. The van der Waals surface area contributed by atoms with Crippen LogP contribution in [-0.2, 0) is 6.54 Å². The van der Waals surface area contributed by atoms with Crippen molar-refractivity contribution in [3.63, 3.8) is 0 Å². The molecule has 0 amide bonds. The molecule has 0 aliphatic rings. The molecule has 0 aliphatic carbocycles. The zero-order valence-corrected chi connectivity index (χ0v) is 15.3. The number of halogens is 2. The summed E-state index contributed by atoms with van der Waals surface area (Å²) in [5, 5.41) is 14.9. The van der Waals surface area contributed by atoms with Crippen molar-refractivity contribution in [3.05, 3.63) is 85.5 Å². The molecule has 0 atom stereocenters. The van der Waals surface area contributed by atoms with E-state index < -0.39 is 0 Å². The number of thiophene rings is 1. The van der Waals surface area contributed by atoms with Crippen molar-refractivity contribution < 1.29 is 4.79 Å². The molecular formula is C19H12Cl2N2OS. The number of hydrogen-bond acceptors (Lipinski definition) is 4. The molecule has 6 heteroatoms. The molecule has 2 aromatic carbocycles. The maximum atomic E-state index is 12.5. The van der Waals surface area contributed by atoms with E-state index >= 15 is 0 Å². The van der Waals surface area contributed by atoms with Crippen LogP contribution in [0.3, 0.4) is 0 Å². The highest BCUT2D eigenvalue weighted by Crippen LogP contribution is 2.29. The number of hydrogen-bond donors (Lipinski definition) is 1. The Morgan fingerprint density at radius 2 is 1.92 bits per heavy atom. The third-order valence-corrected chi connectivity index (χ3v) is 5.31. The van der Waals surface area contributed by atoms with Crippen molar-refractivity contribution in [2.24, 2.45) is 0 Å². The van der Waals surface area contributed by atoms with Gasteiger partial charge in [0.15, 0.2) is 0 Å². The number of nitriles is 1. The molecule has 1 heterocycles. The first-order chi connectivity index (χ1) is 12.1. The summed E-state index contributed by atoms with van der Waals surface area (Å²) in [6.07, 6.45) is 0. The molecule has 25 heavy (non-hydrogen) atoms. The lowest BCUT2D eigenvalue weighted by Crippen LogP contribution is -2.04. The number of nitrogens with zero attached hydrogens (tertiary/aromatic N) is 1. The normalized spacial score (nSPS) is 10.3. The van der Waals surface area contributed by atoms with Crippen LogP contribution in [0.2, 0.25) is 10.0 Å². The van der Waals surface area contributed by atoms with Gasteiger partial charge < -0.3 is 5.32 Å². The van der Waals surface area contributed by atoms with E-state index in [-0.39, 0.29) is 5.78 Å². The second kappa shape index (κ2) is 7.71. The average Bonchev–Trinajstić information content (AvgIpc) is 3.05. The molecule has 3 nitrogen and oxygen atoms in total. The van der Waals surface area contributed by atoms with E-state index in [1.165, 1.54) is 11.3 Å². The Labute approximate surface area is 159 Å². The van der Waals surface area contributed by atoms with Crippen molar-refractivity contribution >= 4 is 46.0 Å². The molecule has 0 saturated carbocycles. The summed E-state index contributed by atoms with van der Waals surface area (Å²) >= 11 is 13.6. The lowest BCUT2D eigenvalue weighted by Gasteiger charge is -2.10. The number of anilines is 1. The van der Waals surface area contributed by atoms with Crippen molar-refractivity contribution in [2.45, 2.75) is 6.54 Å². The molecule has 0 bridgehead atoms. The molecule has 124 valence electrons. The number of rotatable bonds is 5. The van der Waals surface area contributed by atoms with E-state index in [0.717, 1.165) is 11.3 Å². The van der Waals surface area contributed by atoms with E-state index in [1.807, 2.05) is 18.2 Å². The highest BCUT2D eigenvalue weighted by atomic mass is 35.5. The van der Waals surface area contributed by atoms with Gasteiger partial charge in [0, 0.05) is 17.8 Å². The third-order valence-electron chi connectivity index (χ3n) is 3.66. The van der Waals surface area contributed by atoms with Crippen molar-refractivity contribution in [2.75, 3.05) is 5.32 Å². The van der Waals surface area contributed by atoms with Crippen LogP contribution in [0.5, 0.6) is 0 Å². The fourth-order valence-corrected chi connectivity index (χ4v) is 3.73. The van der Waals surface area contributed by atoms with Gasteiger partial charge in [-0.25, -0.2) is 0 Å². The van der Waals surface area contributed by atoms with Crippen LogP contribution in [0, 0.1) is 11.3 Å². The minimum Gasteiger partial charge on any atom is -0.381 e. The van der Waals surface area contributed by atoms with Crippen LogP contribution in [-0.4, -0.2) is 5.78 Å². The van der Waals surface area contributed by atoms with Crippen molar-refractivity contribution in [1.82, 2.24) is 0 Å². The molecule has 0 spiro atoms. The Balaban J connectivity index is 1.77. The van der Waals surface area contributed by atoms with Crippen LogP contribution in [0.4, 0.5) is 5.69 Å². The Hall–Kier alpha value is -2.32. The minimum atomic E-state index is -0.189. The molecule has 0 fully saturated rings. The van der Waals surface area contributed by atoms with Crippen LogP contribution >= 0.6 is 34.5 Å². The Bertz CT molecular complexity index is 976. The fourth-order valence-electron chi connectivity index (χ4n) is 2.37. The summed E-state index contributed by atoms with van der Waals surface area (Å²) in [6.45, 7) is 0.490. The van der Waals surface area contributed by atoms with Gasteiger partial charge in [-0.05, 0) is 41.3 Å². The summed E-state index contributed by atoms with van der Waals surface area (Å²) in [6, 6.07) is 16.4. The zero-order valence-electron chi connectivity index (χ0n) is 12.9. The van der Waals surface area contributed by atoms with Gasteiger partial charge in [-0.1, -0.05) is 41.4 Å². The Kier molecular flexibility index (Phi) is 5.40. The van der Waals surface area contributed by atoms with E-state index in [0.29, 0.717) is 32.6 Å². The van der Waals surface area contributed by atoms with Gasteiger partial charge in [0.25, 0.3) is 0 Å². The van der Waals surface area contributed by atoms with E-state index in [1.54, 1.807) is 35.7 Å². The number of carbonyl (C=O) groups is 1. The molecule has 1 N–H and O–H groups in total. The summed E-state index contributed by atoms with van der Waals surface area (Å²) in [4.78, 5) is 13.0. The first kappa shape index (κ1) is 17.5. The van der Waals surface area contributed by atoms with E-state index in [2.05, 4.69) is 11.4 Å². The lowest BCUT2D eigenvalue weighted by molar-refractivity contribution is 0.104. The molecular weight excluding hydrogens is 375 g/mol. The predicted molar refractivity (Wildman–Crippen MR) is 103 cm³/mol. The SMILES string of the molecule is N#Cc1ccccc1CNc1ccc(C(=O)c2sccc2Cl)c(Cl)c1. The minimum absolute atomic E-state index is 0.189. The number of nitrogens with one attached hydrogen (secondary N) is 1.